The summed E-state index contributed by atoms with van der Waals surface area (Å²) in [4.78, 5) is 21.2. The summed E-state index contributed by atoms with van der Waals surface area (Å²) >= 11 is 0.283. The van der Waals surface area contributed by atoms with Crippen LogP contribution in [-0.4, -0.2) is 33.0 Å². The summed E-state index contributed by atoms with van der Waals surface area (Å²) in [6, 6.07) is 7.82. The molecule has 158 valence electrons. The predicted molar refractivity (Wildman–Crippen MR) is 122 cm³/mol. The smallest absolute Gasteiger partial charge is 0.411 e. The number of carbonyl (C=O) groups is 1. The standard InChI is InChI=1S/C21H24N4O3S2/c1-13-18(24-21(26)28-16-6-4-3-5-7-16)10-15(12-22-13)14-8-9-17-19(11-14)29-20(23-17)25-30(2)27/h8-12,16H,3-7H2,1-2H3,(H,23,25)(H,24,26). The molecule has 0 aliphatic heterocycles. The molecule has 9 heteroatoms. The fourth-order valence-electron chi connectivity index (χ4n) is 3.56. The van der Waals surface area contributed by atoms with Crippen LogP contribution in [-0.2, 0) is 16.1 Å². The van der Waals surface area contributed by atoms with Gasteiger partial charge in [-0.05, 0) is 56.4 Å². The van der Waals surface area contributed by atoms with Crippen molar-refractivity contribution in [1.29, 1.82) is 0 Å². The molecule has 0 radical (unpaired) electrons. The van der Waals surface area contributed by atoms with Crippen molar-refractivity contribution in [2.75, 3.05) is 16.3 Å². The van der Waals surface area contributed by atoms with Crippen LogP contribution < -0.4 is 10.0 Å². The lowest BCUT2D eigenvalue weighted by molar-refractivity contribution is 0.0865. The van der Waals surface area contributed by atoms with Gasteiger partial charge in [0, 0.05) is 11.8 Å². The molecule has 1 aliphatic carbocycles. The van der Waals surface area contributed by atoms with E-state index in [9.17, 15) is 9.35 Å². The van der Waals surface area contributed by atoms with Crippen LogP contribution in [0.1, 0.15) is 37.8 Å². The van der Waals surface area contributed by atoms with E-state index < -0.39 is 17.5 Å². The van der Waals surface area contributed by atoms with Gasteiger partial charge >= 0.3 is 6.09 Å². The SMILES string of the molecule is Cc1ncc(-c2ccc3nc(N[S+](C)[O-])sc3c2)cc1NC(=O)OC1CCCCC1. The van der Waals surface area contributed by atoms with Crippen LogP contribution in [0.5, 0.6) is 0 Å². The number of nitrogens with one attached hydrogen (secondary N) is 2. The van der Waals surface area contributed by atoms with Gasteiger partial charge < -0.3 is 9.29 Å². The molecule has 2 aromatic heterocycles. The number of pyridine rings is 1. The summed E-state index contributed by atoms with van der Waals surface area (Å²) in [5.41, 5.74) is 4.06. The monoisotopic (exact) mass is 444 g/mol. The first-order valence-electron chi connectivity index (χ1n) is 9.93. The molecule has 30 heavy (non-hydrogen) atoms. The number of ether oxygens (including phenoxy) is 1. The zero-order valence-electron chi connectivity index (χ0n) is 16.9. The maximum Gasteiger partial charge on any atom is 0.411 e. The number of carbonyl (C=O) groups excluding carboxylic acids is 1. The number of amides is 1. The minimum absolute atomic E-state index is 0.00388. The summed E-state index contributed by atoms with van der Waals surface area (Å²) in [5, 5.41) is 3.48. The van der Waals surface area contributed by atoms with Crippen LogP contribution in [0.15, 0.2) is 30.5 Å². The first kappa shape index (κ1) is 20.9. The molecule has 1 unspecified atom stereocenters. The van der Waals surface area contributed by atoms with Gasteiger partial charge in [-0.15, -0.1) is 0 Å². The van der Waals surface area contributed by atoms with Gasteiger partial charge in [0.2, 0.25) is 5.13 Å². The lowest BCUT2D eigenvalue weighted by Crippen LogP contribution is -2.24. The van der Waals surface area contributed by atoms with Crippen molar-refractivity contribution in [3.8, 4) is 11.1 Å². The van der Waals surface area contributed by atoms with Crippen LogP contribution in [0.2, 0.25) is 0 Å². The number of nitrogens with zero attached hydrogens (tertiary/aromatic N) is 2. The van der Waals surface area contributed by atoms with Crippen LogP contribution >= 0.6 is 11.3 Å². The van der Waals surface area contributed by atoms with Crippen LogP contribution in [0.25, 0.3) is 21.3 Å². The summed E-state index contributed by atoms with van der Waals surface area (Å²) in [7, 11) is 0. The Hall–Kier alpha value is -2.36. The number of thiazole rings is 1. The Morgan fingerprint density at radius 3 is 2.80 bits per heavy atom. The molecule has 1 fully saturated rings. The number of hydrogen-bond acceptors (Lipinski definition) is 7. The number of rotatable bonds is 5. The van der Waals surface area contributed by atoms with Crippen LogP contribution in [0.4, 0.5) is 15.6 Å². The first-order chi connectivity index (χ1) is 14.5. The third-order valence-corrected chi connectivity index (χ3v) is 6.65. The van der Waals surface area contributed by atoms with Crippen molar-refractivity contribution in [1.82, 2.24) is 9.97 Å². The molecule has 1 aromatic carbocycles. The Balaban J connectivity index is 1.52. The Morgan fingerprint density at radius 2 is 2.03 bits per heavy atom. The maximum atomic E-state index is 12.3. The van der Waals surface area contributed by atoms with Crippen LogP contribution in [0.3, 0.4) is 0 Å². The third-order valence-electron chi connectivity index (χ3n) is 5.10. The fourth-order valence-corrected chi connectivity index (χ4v) is 5.13. The topological polar surface area (TPSA) is 99.2 Å². The minimum Gasteiger partial charge on any atom is -0.593 e. The highest BCUT2D eigenvalue weighted by molar-refractivity contribution is 7.92. The molecule has 0 saturated heterocycles. The second-order valence-electron chi connectivity index (χ2n) is 7.40. The number of benzene rings is 1. The quantitative estimate of drug-likeness (QED) is 0.521. The van der Waals surface area contributed by atoms with E-state index >= 15 is 0 Å². The Morgan fingerprint density at radius 1 is 1.23 bits per heavy atom. The first-order valence-corrected chi connectivity index (χ1v) is 12.3. The Bertz CT molecular complexity index is 1050. The van der Waals surface area contributed by atoms with Gasteiger partial charge in [0.25, 0.3) is 0 Å². The minimum atomic E-state index is -1.16. The molecule has 1 saturated carbocycles. The highest BCUT2D eigenvalue weighted by Gasteiger charge is 2.18. The molecule has 1 aliphatic rings. The summed E-state index contributed by atoms with van der Waals surface area (Å²) in [5.74, 6) is 0. The highest BCUT2D eigenvalue weighted by Crippen LogP contribution is 2.32. The molecule has 3 aromatic rings. The lowest BCUT2D eigenvalue weighted by atomic mass is 9.98. The lowest BCUT2D eigenvalue weighted by Gasteiger charge is -2.22. The maximum absolute atomic E-state index is 12.3. The number of aryl methyl sites for hydroxylation is 1. The molecule has 2 heterocycles. The van der Waals surface area contributed by atoms with Crippen molar-refractivity contribution in [3.63, 3.8) is 0 Å². The van der Waals surface area contributed by atoms with E-state index in [0.717, 1.165) is 52.7 Å². The molecular formula is C21H24N4O3S2. The normalized spacial score (nSPS) is 15.7. The molecule has 2 N–H and O–H groups in total. The van der Waals surface area contributed by atoms with Crippen LogP contribution in [0, 0.1) is 6.92 Å². The number of aromatic nitrogens is 2. The van der Waals surface area contributed by atoms with E-state index in [1.54, 1.807) is 12.5 Å². The number of hydrogen-bond donors (Lipinski definition) is 2. The molecule has 4 rings (SSSR count). The Labute approximate surface area is 182 Å². The van der Waals surface area contributed by atoms with Gasteiger partial charge in [-0.2, -0.15) is 4.72 Å². The number of fused-ring (bicyclic) bond motifs is 1. The molecule has 1 atom stereocenters. The molecule has 0 bridgehead atoms. The van der Waals surface area contributed by atoms with Crippen molar-refractivity contribution >= 4 is 49.8 Å². The molecule has 1 amide bonds. The van der Waals surface area contributed by atoms with E-state index in [2.05, 4.69) is 20.0 Å². The van der Waals surface area contributed by atoms with Crippen molar-refractivity contribution in [3.05, 3.63) is 36.2 Å². The van der Waals surface area contributed by atoms with Crippen molar-refractivity contribution in [2.45, 2.75) is 45.1 Å². The highest BCUT2D eigenvalue weighted by atomic mass is 32.2. The van der Waals surface area contributed by atoms with Gasteiger partial charge in [-0.3, -0.25) is 10.3 Å². The van der Waals surface area contributed by atoms with Crippen molar-refractivity contribution < 1.29 is 14.1 Å². The van der Waals surface area contributed by atoms with Gasteiger partial charge in [-0.1, -0.05) is 23.8 Å². The predicted octanol–water partition coefficient (Wildman–Crippen LogP) is 5.25. The summed E-state index contributed by atoms with van der Waals surface area (Å²) in [6.45, 7) is 1.86. The van der Waals surface area contributed by atoms with E-state index in [4.69, 9.17) is 4.74 Å². The van der Waals surface area contributed by atoms with Gasteiger partial charge in [0.1, 0.15) is 12.4 Å². The van der Waals surface area contributed by atoms with Gasteiger partial charge in [0.05, 0.1) is 33.0 Å². The average Bonchev–Trinajstić information content (AvgIpc) is 3.11. The fraction of sp³-hybridized carbons (Fsp3) is 0.381. The third kappa shape index (κ3) is 5.03. The van der Waals surface area contributed by atoms with E-state index in [-0.39, 0.29) is 6.10 Å². The Kier molecular flexibility index (Phi) is 6.40. The van der Waals surface area contributed by atoms with E-state index in [1.807, 2.05) is 31.2 Å². The zero-order valence-corrected chi connectivity index (χ0v) is 18.6. The average molecular weight is 445 g/mol. The van der Waals surface area contributed by atoms with E-state index in [1.165, 1.54) is 17.8 Å². The largest absolute Gasteiger partial charge is 0.593 e. The summed E-state index contributed by atoms with van der Waals surface area (Å²) < 4.78 is 20.8. The number of anilines is 2. The van der Waals surface area contributed by atoms with Gasteiger partial charge in [0.15, 0.2) is 0 Å². The van der Waals surface area contributed by atoms with Gasteiger partial charge in [-0.25, -0.2) is 9.78 Å². The second-order valence-corrected chi connectivity index (χ2v) is 9.55. The zero-order chi connectivity index (χ0) is 21.1. The second kappa shape index (κ2) is 9.20. The molecule has 7 nitrogen and oxygen atoms in total. The molecule has 0 spiro atoms. The molecular weight excluding hydrogens is 420 g/mol. The van der Waals surface area contributed by atoms with Crippen molar-refractivity contribution in [2.24, 2.45) is 0 Å². The van der Waals surface area contributed by atoms with E-state index in [0.29, 0.717) is 10.8 Å². The summed E-state index contributed by atoms with van der Waals surface area (Å²) in [6.07, 6.45) is 8.24.